The minimum Gasteiger partial charge on any atom is -0.465 e. The smallest absolute Gasteiger partial charge is 0.325 e. The third-order valence-electron chi connectivity index (χ3n) is 3.35. The maximum Gasteiger partial charge on any atom is 0.325 e. The van der Waals surface area contributed by atoms with Crippen molar-refractivity contribution in [2.24, 2.45) is 5.92 Å². The van der Waals surface area contributed by atoms with E-state index in [0.29, 0.717) is 10.7 Å². The second-order valence-corrected chi connectivity index (χ2v) is 5.34. The number of benzene rings is 1. The van der Waals surface area contributed by atoms with Crippen LogP contribution in [0.2, 0.25) is 5.02 Å². The van der Waals surface area contributed by atoms with Gasteiger partial charge in [0.25, 0.3) is 0 Å². The summed E-state index contributed by atoms with van der Waals surface area (Å²) in [4.78, 5) is 36.8. The molecule has 0 spiro atoms. The van der Waals surface area contributed by atoms with E-state index in [1.165, 1.54) is 0 Å². The molecule has 1 N–H and O–H groups in total. The Kier molecular flexibility index (Phi) is 5.38. The van der Waals surface area contributed by atoms with Crippen molar-refractivity contribution < 1.29 is 19.1 Å². The number of carbonyl (C=O) groups is 3. The van der Waals surface area contributed by atoms with Crippen molar-refractivity contribution in [3.05, 3.63) is 29.3 Å². The van der Waals surface area contributed by atoms with E-state index in [2.05, 4.69) is 5.32 Å². The zero-order chi connectivity index (χ0) is 16.1. The van der Waals surface area contributed by atoms with Gasteiger partial charge in [0.15, 0.2) is 0 Å². The standard InChI is InChI=1S/C15H17ClN2O4/c1-2-22-14(20)8-17-15(21)10-7-13(19)18(9-10)12-5-3-11(16)4-6-12/h3-6,10H,2,7-9H2,1H3,(H,17,21)/t10-/m0/s1. The first-order valence-corrected chi connectivity index (χ1v) is 7.38. The Morgan fingerprint density at radius 3 is 2.68 bits per heavy atom. The van der Waals surface area contributed by atoms with Crippen LogP contribution in [-0.2, 0) is 19.1 Å². The number of rotatable bonds is 5. The van der Waals surface area contributed by atoms with Crippen molar-refractivity contribution >= 4 is 35.1 Å². The van der Waals surface area contributed by atoms with Gasteiger partial charge in [-0.25, -0.2) is 0 Å². The molecule has 0 unspecified atom stereocenters. The molecule has 2 amide bonds. The fraction of sp³-hybridized carbons (Fsp3) is 0.400. The average Bonchev–Trinajstić information content (AvgIpc) is 2.88. The van der Waals surface area contributed by atoms with Crippen LogP contribution < -0.4 is 10.2 Å². The summed E-state index contributed by atoms with van der Waals surface area (Å²) in [5.41, 5.74) is 0.704. The number of nitrogens with zero attached hydrogens (tertiary/aromatic N) is 1. The number of carbonyl (C=O) groups excluding carboxylic acids is 3. The van der Waals surface area contributed by atoms with Gasteiger partial charge in [-0.2, -0.15) is 0 Å². The van der Waals surface area contributed by atoms with Gasteiger partial charge in [-0.3, -0.25) is 14.4 Å². The fourth-order valence-corrected chi connectivity index (χ4v) is 2.40. The number of esters is 1. The van der Waals surface area contributed by atoms with Crippen LogP contribution in [0.25, 0.3) is 0 Å². The van der Waals surface area contributed by atoms with E-state index in [4.69, 9.17) is 16.3 Å². The monoisotopic (exact) mass is 324 g/mol. The number of nitrogens with one attached hydrogen (secondary N) is 1. The molecule has 0 aromatic heterocycles. The Morgan fingerprint density at radius 1 is 1.36 bits per heavy atom. The molecule has 6 nitrogen and oxygen atoms in total. The normalized spacial score (nSPS) is 17.5. The lowest BCUT2D eigenvalue weighted by atomic mass is 10.1. The van der Waals surface area contributed by atoms with Crippen LogP contribution >= 0.6 is 11.6 Å². The molecule has 1 aliphatic rings. The number of hydrogen-bond donors (Lipinski definition) is 1. The Bertz CT molecular complexity index is 573. The molecule has 1 aliphatic heterocycles. The SMILES string of the molecule is CCOC(=O)CNC(=O)[C@H]1CC(=O)N(c2ccc(Cl)cc2)C1. The second-order valence-electron chi connectivity index (χ2n) is 4.90. The molecule has 1 heterocycles. The molecule has 0 saturated carbocycles. The van der Waals surface area contributed by atoms with Gasteiger partial charge in [0.1, 0.15) is 6.54 Å². The van der Waals surface area contributed by atoms with Gasteiger partial charge >= 0.3 is 5.97 Å². The topological polar surface area (TPSA) is 75.7 Å². The van der Waals surface area contributed by atoms with Crippen molar-refractivity contribution in [3.63, 3.8) is 0 Å². The molecule has 0 bridgehead atoms. The molecule has 22 heavy (non-hydrogen) atoms. The second kappa shape index (κ2) is 7.26. The van der Waals surface area contributed by atoms with Gasteiger partial charge in [-0.15, -0.1) is 0 Å². The lowest BCUT2D eigenvalue weighted by molar-refractivity contribution is -0.143. The minimum absolute atomic E-state index is 0.122. The quantitative estimate of drug-likeness (QED) is 0.830. The molecular weight excluding hydrogens is 308 g/mol. The minimum atomic E-state index is -0.491. The first kappa shape index (κ1) is 16.3. The molecule has 1 atom stereocenters. The fourth-order valence-electron chi connectivity index (χ4n) is 2.27. The summed E-state index contributed by atoms with van der Waals surface area (Å²) in [6.45, 7) is 2.06. The molecule has 1 fully saturated rings. The van der Waals surface area contributed by atoms with Crippen LogP contribution in [0.4, 0.5) is 5.69 Å². The van der Waals surface area contributed by atoms with Gasteiger partial charge in [0, 0.05) is 23.7 Å². The predicted octanol–water partition coefficient (Wildman–Crippen LogP) is 1.37. The Morgan fingerprint density at radius 2 is 2.05 bits per heavy atom. The Balaban J connectivity index is 1.92. The van der Waals surface area contributed by atoms with E-state index < -0.39 is 11.9 Å². The summed E-state index contributed by atoms with van der Waals surface area (Å²) in [6, 6.07) is 6.86. The van der Waals surface area contributed by atoms with Crippen LogP contribution in [0.5, 0.6) is 0 Å². The van der Waals surface area contributed by atoms with E-state index in [9.17, 15) is 14.4 Å². The highest BCUT2D eigenvalue weighted by Gasteiger charge is 2.35. The van der Waals surface area contributed by atoms with Crippen LogP contribution in [-0.4, -0.2) is 37.5 Å². The van der Waals surface area contributed by atoms with Crippen LogP contribution in [0.15, 0.2) is 24.3 Å². The van der Waals surface area contributed by atoms with Crippen LogP contribution in [0.1, 0.15) is 13.3 Å². The van der Waals surface area contributed by atoms with E-state index in [-0.39, 0.29) is 37.9 Å². The Hall–Kier alpha value is -2.08. The van der Waals surface area contributed by atoms with Gasteiger partial charge < -0.3 is 15.0 Å². The van der Waals surface area contributed by atoms with Crippen molar-refractivity contribution in [2.45, 2.75) is 13.3 Å². The van der Waals surface area contributed by atoms with Gasteiger partial charge in [-0.05, 0) is 31.2 Å². The summed E-state index contributed by atoms with van der Waals surface area (Å²) in [7, 11) is 0. The molecule has 1 saturated heterocycles. The number of hydrogen-bond acceptors (Lipinski definition) is 4. The summed E-state index contributed by atoms with van der Waals surface area (Å²) in [6.07, 6.45) is 0.122. The molecule has 1 aromatic carbocycles. The maximum atomic E-state index is 12.0. The molecule has 0 radical (unpaired) electrons. The van der Waals surface area contributed by atoms with Gasteiger partial charge in [0.05, 0.1) is 12.5 Å². The lowest BCUT2D eigenvalue weighted by Gasteiger charge is -2.16. The van der Waals surface area contributed by atoms with Crippen LogP contribution in [0, 0.1) is 5.92 Å². The average molecular weight is 325 g/mol. The zero-order valence-electron chi connectivity index (χ0n) is 12.2. The number of halogens is 1. The molecule has 7 heteroatoms. The Labute approximate surface area is 133 Å². The zero-order valence-corrected chi connectivity index (χ0v) is 12.9. The van der Waals surface area contributed by atoms with Crippen molar-refractivity contribution in [1.29, 1.82) is 0 Å². The first-order chi connectivity index (χ1) is 10.5. The highest BCUT2D eigenvalue weighted by molar-refractivity contribution is 6.30. The number of amides is 2. The van der Waals surface area contributed by atoms with Crippen molar-refractivity contribution in [3.8, 4) is 0 Å². The number of ether oxygens (including phenoxy) is 1. The molecule has 1 aromatic rings. The van der Waals surface area contributed by atoms with Crippen molar-refractivity contribution in [1.82, 2.24) is 5.32 Å². The van der Waals surface area contributed by atoms with Gasteiger partial charge in [0.2, 0.25) is 11.8 Å². The maximum absolute atomic E-state index is 12.0. The summed E-state index contributed by atoms with van der Waals surface area (Å²) in [5.74, 6) is -1.41. The van der Waals surface area contributed by atoms with E-state index in [0.717, 1.165) is 0 Å². The molecule has 118 valence electrons. The van der Waals surface area contributed by atoms with E-state index >= 15 is 0 Å². The van der Waals surface area contributed by atoms with E-state index in [1.807, 2.05) is 0 Å². The predicted molar refractivity (Wildman–Crippen MR) is 81.6 cm³/mol. The first-order valence-electron chi connectivity index (χ1n) is 7.00. The van der Waals surface area contributed by atoms with Crippen molar-refractivity contribution in [2.75, 3.05) is 24.6 Å². The van der Waals surface area contributed by atoms with E-state index in [1.54, 1.807) is 36.1 Å². The summed E-state index contributed by atoms with van der Waals surface area (Å²) >= 11 is 5.82. The summed E-state index contributed by atoms with van der Waals surface area (Å²) in [5, 5.41) is 3.08. The number of anilines is 1. The molecular formula is C15H17ClN2O4. The van der Waals surface area contributed by atoms with Crippen LogP contribution in [0.3, 0.4) is 0 Å². The third-order valence-corrected chi connectivity index (χ3v) is 3.60. The van der Waals surface area contributed by atoms with Gasteiger partial charge in [-0.1, -0.05) is 11.6 Å². The lowest BCUT2D eigenvalue weighted by Crippen LogP contribution is -2.36. The summed E-state index contributed by atoms with van der Waals surface area (Å²) < 4.78 is 4.73. The molecule has 0 aliphatic carbocycles. The largest absolute Gasteiger partial charge is 0.465 e. The molecule has 2 rings (SSSR count). The highest BCUT2D eigenvalue weighted by Crippen LogP contribution is 2.26. The highest BCUT2D eigenvalue weighted by atomic mass is 35.5. The third kappa shape index (κ3) is 3.98.